The molecule has 1 aliphatic heterocycles. The van der Waals surface area contributed by atoms with Gasteiger partial charge in [-0.1, -0.05) is 41.9 Å². The molecule has 2 aromatic rings. The van der Waals surface area contributed by atoms with E-state index in [1.807, 2.05) is 51.1 Å². The minimum Gasteiger partial charge on any atom is -0.444 e. The van der Waals surface area contributed by atoms with Gasteiger partial charge in [-0.15, -0.1) is 0 Å². The highest BCUT2D eigenvalue weighted by Crippen LogP contribution is 2.19. The van der Waals surface area contributed by atoms with Crippen molar-refractivity contribution in [2.24, 2.45) is 0 Å². The van der Waals surface area contributed by atoms with E-state index in [0.29, 0.717) is 24.3 Å². The molecular weight excluding hydrogens is 368 g/mol. The van der Waals surface area contributed by atoms with Crippen molar-refractivity contribution >= 4 is 6.09 Å². The number of aromatic nitrogens is 2. The minimum atomic E-state index is -0.473. The zero-order valence-corrected chi connectivity index (χ0v) is 17.7. The van der Waals surface area contributed by atoms with Gasteiger partial charge in [0.25, 0.3) is 0 Å². The Kier molecular flexibility index (Phi) is 7.25. The van der Waals surface area contributed by atoms with Crippen LogP contribution in [-0.2, 0) is 11.2 Å². The van der Waals surface area contributed by atoms with Crippen molar-refractivity contribution in [2.45, 2.75) is 64.5 Å². The lowest BCUT2D eigenvalue weighted by Crippen LogP contribution is -2.47. The number of carbonyl (C=O) groups excluding carboxylic acids is 1. The Hall–Kier alpha value is -2.41. The number of nitrogens with one attached hydrogen (secondary N) is 1. The van der Waals surface area contributed by atoms with Crippen LogP contribution in [0.5, 0.6) is 0 Å². The van der Waals surface area contributed by atoms with Crippen LogP contribution in [0.4, 0.5) is 4.79 Å². The largest absolute Gasteiger partial charge is 0.444 e. The molecule has 1 aromatic carbocycles. The molecule has 7 nitrogen and oxygen atoms in total. The molecular formula is C22H32N4O3. The first kappa shape index (κ1) is 21.3. The van der Waals surface area contributed by atoms with Crippen LogP contribution in [0.25, 0.3) is 11.4 Å². The number of hydrogen-bond donors (Lipinski definition) is 1. The van der Waals surface area contributed by atoms with E-state index in [2.05, 4.69) is 20.4 Å². The number of carbonyl (C=O) groups is 1. The first-order chi connectivity index (χ1) is 13.9. The van der Waals surface area contributed by atoms with E-state index < -0.39 is 5.60 Å². The second-order valence-corrected chi connectivity index (χ2v) is 8.55. The molecule has 0 saturated carbocycles. The molecule has 3 rings (SSSR count). The van der Waals surface area contributed by atoms with E-state index in [1.165, 1.54) is 12.8 Å². The van der Waals surface area contributed by atoms with E-state index in [0.717, 1.165) is 37.9 Å². The Bertz CT molecular complexity index is 770. The first-order valence-electron chi connectivity index (χ1n) is 10.5. The Morgan fingerprint density at radius 2 is 2.07 bits per heavy atom. The van der Waals surface area contributed by atoms with Gasteiger partial charge in [0.2, 0.25) is 11.7 Å². The van der Waals surface area contributed by atoms with E-state index in [4.69, 9.17) is 9.26 Å². The molecule has 1 fully saturated rings. The smallest absolute Gasteiger partial charge is 0.407 e. The second kappa shape index (κ2) is 9.87. The van der Waals surface area contributed by atoms with Crippen LogP contribution in [0.15, 0.2) is 34.9 Å². The SMILES string of the molecule is CC(C)(C)OC(=O)NCC1CCCCN1CCCc1nc(-c2ccccc2)no1. The molecule has 0 aliphatic carbocycles. The number of ether oxygens (including phenoxy) is 1. The maximum Gasteiger partial charge on any atom is 0.407 e. The molecule has 2 heterocycles. The molecule has 1 aromatic heterocycles. The zero-order chi connectivity index (χ0) is 20.7. The average Bonchev–Trinajstić information content (AvgIpc) is 3.15. The van der Waals surface area contributed by atoms with Gasteiger partial charge >= 0.3 is 6.09 Å². The molecule has 1 amide bonds. The highest BCUT2D eigenvalue weighted by Gasteiger charge is 2.24. The lowest BCUT2D eigenvalue weighted by Gasteiger charge is -2.35. The number of nitrogens with zero attached hydrogens (tertiary/aromatic N) is 3. The van der Waals surface area contributed by atoms with Gasteiger partial charge < -0.3 is 14.6 Å². The first-order valence-corrected chi connectivity index (χ1v) is 10.5. The third-order valence-corrected chi connectivity index (χ3v) is 4.97. The molecule has 1 saturated heterocycles. The fourth-order valence-corrected chi connectivity index (χ4v) is 3.60. The van der Waals surface area contributed by atoms with E-state index in [1.54, 1.807) is 0 Å². The van der Waals surface area contributed by atoms with Crippen LogP contribution in [0.1, 0.15) is 52.3 Å². The molecule has 0 radical (unpaired) electrons. The third kappa shape index (κ3) is 6.85. The van der Waals surface area contributed by atoms with Gasteiger partial charge in [0.05, 0.1) is 0 Å². The van der Waals surface area contributed by atoms with Gasteiger partial charge in [0.1, 0.15) is 5.60 Å². The molecule has 29 heavy (non-hydrogen) atoms. The molecule has 1 unspecified atom stereocenters. The molecule has 1 N–H and O–H groups in total. The van der Waals surface area contributed by atoms with Crippen molar-refractivity contribution in [3.63, 3.8) is 0 Å². The van der Waals surface area contributed by atoms with E-state index in [-0.39, 0.29) is 6.09 Å². The lowest BCUT2D eigenvalue weighted by molar-refractivity contribution is 0.0494. The summed E-state index contributed by atoms with van der Waals surface area (Å²) in [4.78, 5) is 18.9. The quantitative estimate of drug-likeness (QED) is 0.755. The summed E-state index contributed by atoms with van der Waals surface area (Å²) in [7, 11) is 0. The maximum absolute atomic E-state index is 11.9. The van der Waals surface area contributed by atoms with Crippen molar-refractivity contribution in [1.82, 2.24) is 20.4 Å². The highest BCUT2D eigenvalue weighted by molar-refractivity contribution is 5.67. The van der Waals surface area contributed by atoms with Gasteiger partial charge in [0, 0.05) is 24.6 Å². The standard InChI is InChI=1S/C22H32N4O3/c1-22(2,3)28-21(27)23-16-18-12-7-8-14-26(18)15-9-13-19-24-20(25-29-19)17-10-5-4-6-11-17/h4-6,10-11,18H,7-9,12-16H2,1-3H3,(H,23,27). The van der Waals surface area contributed by atoms with Crippen LogP contribution in [-0.4, -0.2) is 52.4 Å². The predicted octanol–water partition coefficient (Wildman–Crippen LogP) is 4.05. The summed E-state index contributed by atoms with van der Waals surface area (Å²) in [5, 5.41) is 7.01. The van der Waals surface area contributed by atoms with Gasteiger partial charge in [0.15, 0.2) is 0 Å². The molecule has 7 heteroatoms. The van der Waals surface area contributed by atoms with Crippen LogP contribution < -0.4 is 5.32 Å². The molecule has 0 spiro atoms. The van der Waals surface area contributed by atoms with Crippen LogP contribution in [0.2, 0.25) is 0 Å². The Morgan fingerprint density at radius 1 is 1.28 bits per heavy atom. The Balaban J connectivity index is 1.45. The Labute approximate surface area is 172 Å². The molecule has 158 valence electrons. The summed E-state index contributed by atoms with van der Waals surface area (Å²) in [5.41, 5.74) is 0.491. The maximum atomic E-state index is 11.9. The monoisotopic (exact) mass is 400 g/mol. The van der Waals surface area contributed by atoms with Gasteiger partial charge in [-0.3, -0.25) is 4.90 Å². The van der Waals surface area contributed by atoms with Gasteiger partial charge in [-0.2, -0.15) is 4.98 Å². The normalized spacial score (nSPS) is 17.8. The van der Waals surface area contributed by atoms with Crippen LogP contribution in [0.3, 0.4) is 0 Å². The van der Waals surface area contributed by atoms with E-state index >= 15 is 0 Å². The second-order valence-electron chi connectivity index (χ2n) is 8.55. The van der Waals surface area contributed by atoms with Gasteiger partial charge in [-0.05, 0) is 53.1 Å². The summed E-state index contributed by atoms with van der Waals surface area (Å²) >= 11 is 0. The van der Waals surface area contributed by atoms with Crippen molar-refractivity contribution < 1.29 is 14.1 Å². The van der Waals surface area contributed by atoms with Crippen molar-refractivity contribution in [3.05, 3.63) is 36.2 Å². The fraction of sp³-hybridized carbons (Fsp3) is 0.591. The number of benzene rings is 1. The van der Waals surface area contributed by atoms with Crippen molar-refractivity contribution in [3.8, 4) is 11.4 Å². The number of piperidine rings is 1. The highest BCUT2D eigenvalue weighted by atomic mass is 16.6. The summed E-state index contributed by atoms with van der Waals surface area (Å²) in [6, 6.07) is 10.2. The molecule has 1 atom stereocenters. The molecule has 0 bridgehead atoms. The third-order valence-electron chi connectivity index (χ3n) is 4.97. The number of alkyl carbamates (subject to hydrolysis) is 1. The topological polar surface area (TPSA) is 80.5 Å². The zero-order valence-electron chi connectivity index (χ0n) is 17.7. The lowest BCUT2D eigenvalue weighted by atomic mass is 10.0. The summed E-state index contributed by atoms with van der Waals surface area (Å²) < 4.78 is 10.8. The van der Waals surface area contributed by atoms with Crippen molar-refractivity contribution in [1.29, 1.82) is 0 Å². The fourth-order valence-electron chi connectivity index (χ4n) is 3.60. The van der Waals surface area contributed by atoms with Crippen LogP contribution in [0, 0.1) is 0 Å². The minimum absolute atomic E-state index is 0.345. The van der Waals surface area contributed by atoms with E-state index in [9.17, 15) is 4.79 Å². The van der Waals surface area contributed by atoms with Crippen LogP contribution >= 0.6 is 0 Å². The summed E-state index contributed by atoms with van der Waals surface area (Å²) in [6.07, 6.45) is 4.83. The summed E-state index contributed by atoms with van der Waals surface area (Å²) in [6.45, 7) is 8.25. The number of amides is 1. The number of aryl methyl sites for hydroxylation is 1. The Morgan fingerprint density at radius 3 is 2.83 bits per heavy atom. The van der Waals surface area contributed by atoms with Crippen molar-refractivity contribution in [2.75, 3.05) is 19.6 Å². The van der Waals surface area contributed by atoms with Gasteiger partial charge in [-0.25, -0.2) is 4.79 Å². The number of likely N-dealkylation sites (tertiary alicyclic amines) is 1. The summed E-state index contributed by atoms with van der Waals surface area (Å²) in [5.74, 6) is 1.31. The number of hydrogen-bond acceptors (Lipinski definition) is 6. The molecule has 1 aliphatic rings. The predicted molar refractivity (Wildman–Crippen MR) is 112 cm³/mol. The number of rotatable bonds is 7. The average molecular weight is 401 g/mol.